The van der Waals surface area contributed by atoms with Crippen molar-refractivity contribution in [2.45, 2.75) is 74.0 Å². The molecule has 0 aliphatic carbocycles. The van der Waals surface area contributed by atoms with Gasteiger partial charge in [-0.05, 0) is 24.3 Å². The van der Waals surface area contributed by atoms with Gasteiger partial charge in [-0.25, -0.2) is 0 Å². The van der Waals surface area contributed by atoms with Crippen molar-refractivity contribution in [3.05, 3.63) is 59.7 Å². The van der Waals surface area contributed by atoms with Gasteiger partial charge >= 0.3 is 0 Å². The van der Waals surface area contributed by atoms with Gasteiger partial charge in [0.2, 0.25) is 0 Å². The first-order valence-electron chi connectivity index (χ1n) is 13.4. The van der Waals surface area contributed by atoms with Gasteiger partial charge in [-0.2, -0.15) is 0 Å². The van der Waals surface area contributed by atoms with Gasteiger partial charge in [-0.1, -0.05) is 24.3 Å². The van der Waals surface area contributed by atoms with Gasteiger partial charge in [-0.3, -0.25) is 0 Å². The summed E-state index contributed by atoms with van der Waals surface area (Å²) in [7, 11) is 3.13. The maximum atomic E-state index is 10.9. The quantitative estimate of drug-likeness (QED) is 0.366. The van der Waals surface area contributed by atoms with Crippen LogP contribution in [-0.2, 0) is 33.2 Å². The molecule has 0 bridgehead atoms. The van der Waals surface area contributed by atoms with Crippen LogP contribution < -0.4 is 9.47 Å². The largest absolute Gasteiger partial charge is 0.497 e. The molecule has 0 spiro atoms. The number of aliphatic hydroxyl groups is 4. The first-order valence-corrected chi connectivity index (χ1v) is 13.4. The van der Waals surface area contributed by atoms with Crippen molar-refractivity contribution in [2.75, 3.05) is 27.4 Å². The molecule has 13 heteroatoms. The molecule has 0 aromatic heterocycles. The molecule has 2 aromatic carbocycles. The van der Waals surface area contributed by atoms with Gasteiger partial charge in [-0.15, -0.1) is 0 Å². The van der Waals surface area contributed by atoms with Crippen molar-refractivity contribution < 1.29 is 63.1 Å². The molecule has 4 N–H and O–H groups in total. The van der Waals surface area contributed by atoms with E-state index in [9.17, 15) is 20.4 Å². The van der Waals surface area contributed by atoms with E-state index in [4.69, 9.17) is 42.6 Å². The van der Waals surface area contributed by atoms with E-state index in [1.54, 1.807) is 62.8 Å². The van der Waals surface area contributed by atoms with Crippen molar-refractivity contribution >= 4 is 0 Å². The maximum Gasteiger partial charge on any atom is 0.189 e. The molecular formula is C28H34O13. The van der Waals surface area contributed by atoms with E-state index in [1.165, 1.54) is 0 Å². The molecule has 41 heavy (non-hydrogen) atoms. The van der Waals surface area contributed by atoms with Crippen LogP contribution in [0.1, 0.15) is 23.7 Å². The van der Waals surface area contributed by atoms with Crippen LogP contribution in [0.25, 0.3) is 0 Å². The monoisotopic (exact) mass is 578 g/mol. The second kappa shape index (κ2) is 12.1. The zero-order valence-electron chi connectivity index (χ0n) is 22.4. The van der Waals surface area contributed by atoms with E-state index in [1.807, 2.05) is 0 Å². The molecule has 4 fully saturated rings. The Balaban J connectivity index is 1.07. The Bertz CT molecular complexity index is 1050. The number of fused-ring (bicyclic) bond motifs is 2. The topological polar surface area (TPSA) is 164 Å². The number of ether oxygens (including phenoxy) is 9. The summed E-state index contributed by atoms with van der Waals surface area (Å²) in [6.45, 7) is 0.0850. The minimum Gasteiger partial charge on any atom is -0.497 e. The number of rotatable bonds is 6. The van der Waals surface area contributed by atoms with Crippen LogP contribution in [0.5, 0.6) is 11.5 Å². The lowest BCUT2D eigenvalue weighted by Crippen LogP contribution is -2.66. The minimum atomic E-state index is -1.55. The second-order valence-corrected chi connectivity index (χ2v) is 10.3. The molecule has 2 aromatic rings. The summed E-state index contributed by atoms with van der Waals surface area (Å²) in [6.07, 6.45) is -13.6. The van der Waals surface area contributed by atoms with E-state index >= 15 is 0 Å². The van der Waals surface area contributed by atoms with Gasteiger partial charge < -0.3 is 63.1 Å². The number of aliphatic hydroxyl groups excluding tert-OH is 4. The van der Waals surface area contributed by atoms with E-state index < -0.39 is 74.0 Å². The fraction of sp³-hybridized carbons (Fsp3) is 0.571. The summed E-state index contributed by atoms with van der Waals surface area (Å²) in [6, 6.07) is 14.2. The Morgan fingerprint density at radius 1 is 0.561 bits per heavy atom. The third-order valence-electron chi connectivity index (χ3n) is 7.71. The van der Waals surface area contributed by atoms with Crippen LogP contribution in [0.15, 0.2) is 48.5 Å². The molecule has 0 radical (unpaired) electrons. The lowest BCUT2D eigenvalue weighted by atomic mass is 9.96. The lowest BCUT2D eigenvalue weighted by Gasteiger charge is -2.49. The lowest BCUT2D eigenvalue weighted by molar-refractivity contribution is -0.412. The van der Waals surface area contributed by atoms with E-state index in [0.717, 1.165) is 0 Å². The molecule has 4 saturated heterocycles. The summed E-state index contributed by atoms with van der Waals surface area (Å²) in [5.41, 5.74) is 1.41. The molecule has 8 unspecified atom stereocenters. The van der Waals surface area contributed by atoms with Crippen molar-refractivity contribution in [3.8, 4) is 11.5 Å². The van der Waals surface area contributed by atoms with Crippen molar-refractivity contribution in [1.82, 2.24) is 0 Å². The van der Waals surface area contributed by atoms with Crippen LogP contribution in [0.2, 0.25) is 0 Å². The molecule has 12 atom stereocenters. The Kier molecular flexibility index (Phi) is 8.45. The summed E-state index contributed by atoms with van der Waals surface area (Å²) in [4.78, 5) is 0. The van der Waals surface area contributed by atoms with Crippen LogP contribution in [0.3, 0.4) is 0 Å². The standard InChI is InChI=1S/C28H34O13/c1-33-15-7-3-13(4-8-15)25-35-11-17-23(39-25)19(29)21(31)27(37-17)41-28-22(32)20(30)24-18(38-28)12-36-26(40-24)14-5-9-16(34-2)10-6-14/h3-10,17-32H,11-12H2,1-2H3/t17?,18?,19?,20?,21?,22?,23-,24-,25?,26?,27-,28-/m1/s1. The summed E-state index contributed by atoms with van der Waals surface area (Å²) >= 11 is 0. The third kappa shape index (κ3) is 5.68. The number of benzene rings is 2. The smallest absolute Gasteiger partial charge is 0.189 e. The molecule has 4 aliphatic rings. The van der Waals surface area contributed by atoms with E-state index in [-0.39, 0.29) is 13.2 Å². The van der Waals surface area contributed by atoms with Crippen molar-refractivity contribution in [2.24, 2.45) is 0 Å². The highest BCUT2D eigenvalue weighted by Gasteiger charge is 2.54. The summed E-state index contributed by atoms with van der Waals surface area (Å²) < 4.78 is 51.3. The van der Waals surface area contributed by atoms with Crippen molar-refractivity contribution in [3.63, 3.8) is 0 Å². The van der Waals surface area contributed by atoms with Gasteiger partial charge in [0.25, 0.3) is 0 Å². The third-order valence-corrected chi connectivity index (χ3v) is 7.71. The Labute approximate surface area is 236 Å². The first-order chi connectivity index (χ1) is 19.9. The molecular weight excluding hydrogens is 544 g/mol. The molecule has 224 valence electrons. The highest BCUT2D eigenvalue weighted by Crippen LogP contribution is 2.38. The molecule has 4 aliphatic heterocycles. The van der Waals surface area contributed by atoms with Crippen LogP contribution in [0.4, 0.5) is 0 Å². The molecule has 6 rings (SSSR count). The molecule has 0 saturated carbocycles. The summed E-state index contributed by atoms with van der Waals surface area (Å²) in [5.74, 6) is 1.34. The average Bonchev–Trinajstić information content (AvgIpc) is 3.02. The van der Waals surface area contributed by atoms with Crippen LogP contribution in [0, 0.1) is 0 Å². The molecule has 0 amide bonds. The fourth-order valence-electron chi connectivity index (χ4n) is 5.37. The van der Waals surface area contributed by atoms with E-state index in [2.05, 4.69) is 0 Å². The highest BCUT2D eigenvalue weighted by molar-refractivity contribution is 5.29. The first kappa shape index (κ1) is 28.7. The fourth-order valence-corrected chi connectivity index (χ4v) is 5.37. The average molecular weight is 579 g/mol. The highest BCUT2D eigenvalue weighted by atomic mass is 16.8. The summed E-state index contributed by atoms with van der Waals surface area (Å²) in [5, 5.41) is 43.4. The SMILES string of the molecule is COc1ccc(C2OCC3O[C@H](O[C@H]4OC5COC(c6ccc(OC)cc6)O[C@H]5C(O)C4O)C(O)C(O)[C@@H]3O2)cc1. The Hall–Kier alpha value is -2.40. The van der Waals surface area contributed by atoms with Gasteiger partial charge in [0.1, 0.15) is 60.3 Å². The van der Waals surface area contributed by atoms with Crippen molar-refractivity contribution in [1.29, 1.82) is 0 Å². The van der Waals surface area contributed by atoms with E-state index in [0.29, 0.717) is 22.6 Å². The zero-order valence-corrected chi connectivity index (χ0v) is 22.4. The number of methoxy groups -OCH3 is 2. The maximum absolute atomic E-state index is 10.9. The van der Waals surface area contributed by atoms with Crippen LogP contribution in [-0.4, -0.2) is 109 Å². The zero-order chi connectivity index (χ0) is 28.7. The van der Waals surface area contributed by atoms with Crippen LogP contribution >= 0.6 is 0 Å². The molecule has 4 heterocycles. The van der Waals surface area contributed by atoms with Gasteiger partial charge in [0.15, 0.2) is 25.2 Å². The predicted molar refractivity (Wildman–Crippen MR) is 136 cm³/mol. The predicted octanol–water partition coefficient (Wildman–Crippen LogP) is 0.142. The Morgan fingerprint density at radius 2 is 0.951 bits per heavy atom. The Morgan fingerprint density at radius 3 is 1.32 bits per heavy atom. The number of hydrogen-bond acceptors (Lipinski definition) is 13. The minimum absolute atomic E-state index is 0.0425. The van der Waals surface area contributed by atoms with Gasteiger partial charge in [0.05, 0.1) is 27.4 Å². The van der Waals surface area contributed by atoms with Gasteiger partial charge in [0, 0.05) is 11.1 Å². The number of hydrogen-bond donors (Lipinski definition) is 4. The second-order valence-electron chi connectivity index (χ2n) is 10.3. The normalized spacial score (nSPS) is 40.7. The molecule has 13 nitrogen and oxygen atoms in total.